The number of halogens is 2. The maximum Gasteiger partial charge on any atom is 0.315 e. The van der Waals surface area contributed by atoms with Crippen LogP contribution >= 0.6 is 0 Å². The van der Waals surface area contributed by atoms with Crippen molar-refractivity contribution >= 4 is 33.8 Å². The van der Waals surface area contributed by atoms with E-state index in [0.717, 1.165) is 10.6 Å². The van der Waals surface area contributed by atoms with Gasteiger partial charge in [-0.15, -0.1) is 0 Å². The number of carbonyl (C=O) groups is 4. The fourth-order valence-electron chi connectivity index (χ4n) is 5.40. The van der Waals surface area contributed by atoms with Gasteiger partial charge in [0, 0.05) is 32.6 Å². The van der Waals surface area contributed by atoms with Gasteiger partial charge in [-0.3, -0.25) is 14.4 Å². The van der Waals surface area contributed by atoms with Crippen LogP contribution in [0.1, 0.15) is 79.4 Å². The molecule has 278 valence electrons. The topological polar surface area (TPSA) is 177 Å². The molecular weight excluding hydrogens is 662 g/mol. The molecule has 2 rings (SSSR count). The number of urea groups is 1. The molecule has 16 heteroatoms. The molecule has 0 bridgehead atoms. The van der Waals surface area contributed by atoms with E-state index in [1.165, 1.54) is 18.9 Å². The molecule has 1 fully saturated rings. The van der Waals surface area contributed by atoms with Crippen LogP contribution in [0.2, 0.25) is 0 Å². The number of likely N-dealkylation sites (tertiary alicyclic amines) is 1. The molecule has 5 N–H and O–H groups in total. The molecular formula is C33H54F2N6O7S. The molecule has 0 radical (unpaired) electrons. The molecule has 0 spiro atoms. The lowest BCUT2D eigenvalue weighted by Crippen LogP contribution is -2.62. The Bertz CT molecular complexity index is 1400. The summed E-state index contributed by atoms with van der Waals surface area (Å²) in [7, 11) is -2.14. The molecule has 13 nitrogen and oxygen atoms in total. The van der Waals surface area contributed by atoms with Gasteiger partial charge in [0.15, 0.2) is 0 Å². The molecule has 1 aromatic rings. The van der Waals surface area contributed by atoms with Crippen molar-refractivity contribution in [2.45, 2.75) is 110 Å². The highest BCUT2D eigenvalue weighted by Crippen LogP contribution is 2.27. The van der Waals surface area contributed by atoms with E-state index in [9.17, 15) is 41.5 Å². The Morgan fingerprint density at radius 3 is 2.08 bits per heavy atom. The SMILES string of the molecule is C[C@H](NC(=O)[C@H](CC(F)F)NC(=O)[C@@H]1CCCN1C(=O)[C@@H](NC(=O)N[C@H](CN(C)S(C)(=O)=O)C(C)(C)C)C(C)(C)C)[C@H](O)c1ccccc1. The molecule has 6 atom stereocenters. The van der Waals surface area contributed by atoms with E-state index in [2.05, 4.69) is 21.3 Å². The van der Waals surface area contributed by atoms with Gasteiger partial charge in [-0.05, 0) is 36.2 Å². The first kappa shape index (κ1) is 41.8. The van der Waals surface area contributed by atoms with E-state index in [4.69, 9.17) is 0 Å². The number of rotatable bonds is 14. The molecule has 5 amide bonds. The maximum absolute atomic E-state index is 14.0. The molecule has 0 aliphatic carbocycles. The number of amides is 5. The van der Waals surface area contributed by atoms with Crippen molar-refractivity contribution in [2.75, 3.05) is 26.4 Å². The number of hydrogen-bond donors (Lipinski definition) is 5. The van der Waals surface area contributed by atoms with Crippen LogP contribution in [0.15, 0.2) is 30.3 Å². The average Bonchev–Trinajstić information content (AvgIpc) is 3.47. The Balaban J connectivity index is 2.21. The van der Waals surface area contributed by atoms with E-state index in [1.54, 1.807) is 51.1 Å². The van der Waals surface area contributed by atoms with Crippen molar-refractivity contribution in [1.82, 2.24) is 30.5 Å². The normalized spacial score (nSPS) is 18.7. The van der Waals surface area contributed by atoms with Gasteiger partial charge in [-0.25, -0.2) is 26.3 Å². The lowest BCUT2D eigenvalue weighted by atomic mass is 9.85. The number of sulfonamides is 1. The number of nitrogens with zero attached hydrogens (tertiary/aromatic N) is 2. The minimum atomic E-state index is -3.54. The van der Waals surface area contributed by atoms with Gasteiger partial charge in [0.05, 0.1) is 18.4 Å². The minimum Gasteiger partial charge on any atom is -0.386 e. The van der Waals surface area contributed by atoms with Gasteiger partial charge in [0.25, 0.3) is 0 Å². The van der Waals surface area contributed by atoms with Crippen LogP contribution in [0, 0.1) is 10.8 Å². The highest BCUT2D eigenvalue weighted by molar-refractivity contribution is 7.88. The second-order valence-electron chi connectivity index (χ2n) is 14.9. The van der Waals surface area contributed by atoms with Crippen LogP contribution in [-0.2, 0) is 24.4 Å². The van der Waals surface area contributed by atoms with Crippen LogP contribution < -0.4 is 21.3 Å². The first-order valence-corrected chi connectivity index (χ1v) is 18.2. The van der Waals surface area contributed by atoms with Crippen LogP contribution in [-0.4, -0.2) is 110 Å². The largest absolute Gasteiger partial charge is 0.386 e. The average molecular weight is 717 g/mol. The number of aliphatic hydroxyl groups excluding tert-OH is 1. The van der Waals surface area contributed by atoms with Crippen molar-refractivity contribution in [2.24, 2.45) is 10.8 Å². The third-order valence-electron chi connectivity index (χ3n) is 8.61. The van der Waals surface area contributed by atoms with Crippen molar-refractivity contribution in [3.8, 4) is 0 Å². The molecule has 1 aromatic carbocycles. The van der Waals surface area contributed by atoms with Crippen molar-refractivity contribution in [1.29, 1.82) is 0 Å². The second kappa shape index (κ2) is 17.0. The lowest BCUT2D eigenvalue weighted by molar-refractivity contribution is -0.142. The zero-order valence-corrected chi connectivity index (χ0v) is 30.7. The molecule has 1 saturated heterocycles. The molecule has 0 saturated carbocycles. The van der Waals surface area contributed by atoms with E-state index in [-0.39, 0.29) is 19.5 Å². The van der Waals surface area contributed by atoms with E-state index >= 15 is 0 Å². The number of alkyl halides is 2. The predicted molar refractivity (Wildman–Crippen MR) is 182 cm³/mol. The number of likely N-dealkylation sites (N-methyl/N-ethyl adjacent to an activating group) is 1. The zero-order chi connectivity index (χ0) is 37.5. The van der Waals surface area contributed by atoms with Gasteiger partial charge >= 0.3 is 6.03 Å². The smallest absolute Gasteiger partial charge is 0.315 e. The first-order valence-electron chi connectivity index (χ1n) is 16.3. The standard InChI is InChI=1S/C33H54F2N6O7S/c1-20(26(42)21-14-11-10-12-15-21)36-28(43)22(18-25(34)35)37-29(44)23-16-13-17-41(23)30(45)27(33(5,6)7)39-31(46)38-24(32(2,3)4)19-40(8)49(9,47)48/h10-12,14-15,20,22-27,42H,13,16-19H2,1-9H3,(H,36,43)(H,37,44)(H2,38,39,46)/t20-,22-,23-,24+,26-,27+/m0/s1. The highest BCUT2D eigenvalue weighted by Gasteiger charge is 2.43. The van der Waals surface area contributed by atoms with Crippen LogP contribution in [0.5, 0.6) is 0 Å². The molecule has 49 heavy (non-hydrogen) atoms. The quantitative estimate of drug-likeness (QED) is 0.196. The van der Waals surface area contributed by atoms with E-state index in [0.29, 0.717) is 12.0 Å². The minimum absolute atomic E-state index is 0.0182. The molecule has 0 aromatic heterocycles. The van der Waals surface area contributed by atoms with Gasteiger partial charge in [0.1, 0.15) is 18.1 Å². The van der Waals surface area contributed by atoms with Crippen LogP contribution in [0.25, 0.3) is 0 Å². The van der Waals surface area contributed by atoms with Crippen molar-refractivity contribution in [3.05, 3.63) is 35.9 Å². The third-order valence-corrected chi connectivity index (χ3v) is 9.90. The Kier molecular flexibility index (Phi) is 14.5. The molecule has 1 aliphatic heterocycles. The Morgan fingerprint density at radius 2 is 1.57 bits per heavy atom. The monoisotopic (exact) mass is 716 g/mol. The van der Waals surface area contributed by atoms with Gasteiger partial charge in [-0.1, -0.05) is 71.9 Å². The third kappa shape index (κ3) is 12.5. The Morgan fingerprint density at radius 1 is 0.980 bits per heavy atom. The van der Waals surface area contributed by atoms with E-state index < -0.39 is 93.8 Å². The summed E-state index contributed by atoms with van der Waals surface area (Å²) in [6, 6.07) is 2.40. The van der Waals surface area contributed by atoms with Crippen LogP contribution in [0.4, 0.5) is 13.6 Å². The fraction of sp³-hybridized carbons (Fsp3) is 0.697. The summed E-state index contributed by atoms with van der Waals surface area (Å²) in [5, 5.41) is 21.0. The summed E-state index contributed by atoms with van der Waals surface area (Å²) in [5.41, 5.74) is -0.892. The summed E-state index contributed by atoms with van der Waals surface area (Å²) < 4.78 is 52.3. The molecule has 0 unspecified atom stereocenters. The summed E-state index contributed by atoms with van der Waals surface area (Å²) in [6.07, 6.45) is -3.37. The Labute approximate surface area is 289 Å². The number of nitrogens with one attached hydrogen (secondary N) is 4. The predicted octanol–water partition coefficient (Wildman–Crippen LogP) is 2.38. The number of hydrogen-bond acceptors (Lipinski definition) is 7. The fourth-order valence-corrected chi connectivity index (χ4v) is 5.82. The summed E-state index contributed by atoms with van der Waals surface area (Å²) in [6.45, 7) is 12.3. The van der Waals surface area contributed by atoms with Crippen LogP contribution in [0.3, 0.4) is 0 Å². The van der Waals surface area contributed by atoms with Gasteiger partial charge in [-0.2, -0.15) is 0 Å². The molecule has 1 heterocycles. The number of carbonyl (C=O) groups excluding carboxylic acids is 4. The summed E-state index contributed by atoms with van der Waals surface area (Å²) in [5.74, 6) is -2.28. The van der Waals surface area contributed by atoms with Crippen molar-refractivity contribution < 1.29 is 41.5 Å². The van der Waals surface area contributed by atoms with E-state index in [1.807, 2.05) is 20.8 Å². The van der Waals surface area contributed by atoms with Gasteiger partial charge < -0.3 is 31.3 Å². The lowest BCUT2D eigenvalue weighted by Gasteiger charge is -2.37. The summed E-state index contributed by atoms with van der Waals surface area (Å²) >= 11 is 0. The zero-order valence-electron chi connectivity index (χ0n) is 29.9. The second-order valence-corrected chi connectivity index (χ2v) is 17.0. The molecule has 1 aliphatic rings. The number of aliphatic hydroxyl groups is 1. The summed E-state index contributed by atoms with van der Waals surface area (Å²) in [4.78, 5) is 55.1. The maximum atomic E-state index is 14.0. The van der Waals surface area contributed by atoms with Gasteiger partial charge in [0.2, 0.25) is 34.2 Å². The number of benzene rings is 1. The van der Waals surface area contributed by atoms with Crippen molar-refractivity contribution in [3.63, 3.8) is 0 Å². The highest BCUT2D eigenvalue weighted by atomic mass is 32.2. The first-order chi connectivity index (χ1) is 22.4. The Hall–Kier alpha value is -3.37.